The summed E-state index contributed by atoms with van der Waals surface area (Å²) in [6.07, 6.45) is 3.35. The first-order valence-electron chi connectivity index (χ1n) is 10.3. The monoisotopic (exact) mass is 432 g/mol. The Morgan fingerprint density at radius 2 is 1.81 bits per heavy atom. The van der Waals surface area contributed by atoms with Crippen molar-refractivity contribution in [1.29, 1.82) is 0 Å². The Hall–Kier alpha value is -3.32. The lowest BCUT2D eigenvalue weighted by molar-refractivity contribution is 0.0713. The van der Waals surface area contributed by atoms with Crippen molar-refractivity contribution in [2.75, 3.05) is 18.4 Å². The highest BCUT2D eigenvalue weighted by atomic mass is 32.1. The summed E-state index contributed by atoms with van der Waals surface area (Å²) < 4.78 is 15.3. The van der Waals surface area contributed by atoms with E-state index in [1.165, 1.54) is 10.8 Å². The summed E-state index contributed by atoms with van der Waals surface area (Å²) in [5, 5.41) is 4.12. The number of nitrogens with one attached hydrogen (secondary N) is 1. The molecule has 1 saturated heterocycles. The van der Waals surface area contributed by atoms with Crippen molar-refractivity contribution in [3.63, 3.8) is 0 Å². The molecule has 1 N–H and O–H groups in total. The first kappa shape index (κ1) is 19.6. The molecular formula is C24H21FN4OS. The maximum Gasteiger partial charge on any atom is 0.257 e. The zero-order valence-electron chi connectivity index (χ0n) is 16.8. The van der Waals surface area contributed by atoms with Crippen molar-refractivity contribution in [1.82, 2.24) is 14.9 Å². The topological polar surface area (TPSA) is 58.1 Å². The van der Waals surface area contributed by atoms with E-state index in [1.807, 2.05) is 23.1 Å². The maximum absolute atomic E-state index is 14.1. The number of hydrogen-bond donors (Lipinski definition) is 1. The summed E-state index contributed by atoms with van der Waals surface area (Å²) in [5.74, 6) is 0.259. The highest BCUT2D eigenvalue weighted by molar-refractivity contribution is 7.18. The van der Waals surface area contributed by atoms with Gasteiger partial charge in [0.1, 0.15) is 11.6 Å². The molecule has 0 bridgehead atoms. The molecule has 0 unspecified atom stereocenters. The highest BCUT2D eigenvalue weighted by Gasteiger charge is 2.28. The third-order valence-corrected chi connectivity index (χ3v) is 6.81. The second kappa shape index (κ2) is 8.43. The number of para-hydroxylation sites is 2. The summed E-state index contributed by atoms with van der Waals surface area (Å²) in [4.78, 5) is 24.2. The molecule has 3 heterocycles. The van der Waals surface area contributed by atoms with Gasteiger partial charge in [-0.15, -0.1) is 11.3 Å². The molecule has 1 fully saturated rings. The van der Waals surface area contributed by atoms with Crippen LogP contribution in [-0.4, -0.2) is 33.9 Å². The lowest BCUT2D eigenvalue weighted by atomic mass is 9.97. The second-order valence-electron chi connectivity index (χ2n) is 7.59. The molecule has 0 atom stereocenters. The number of aromatic nitrogens is 2. The highest BCUT2D eigenvalue weighted by Crippen LogP contribution is 2.34. The summed E-state index contributed by atoms with van der Waals surface area (Å²) in [6, 6.07) is 18.0. The van der Waals surface area contributed by atoms with Crippen molar-refractivity contribution in [2.45, 2.75) is 18.8 Å². The molecule has 156 valence electrons. The smallest absolute Gasteiger partial charge is 0.257 e. The van der Waals surface area contributed by atoms with Gasteiger partial charge in [0.25, 0.3) is 5.91 Å². The van der Waals surface area contributed by atoms with Gasteiger partial charge in [0.05, 0.1) is 26.5 Å². The van der Waals surface area contributed by atoms with E-state index in [4.69, 9.17) is 4.98 Å². The number of benzene rings is 2. The number of halogens is 1. The summed E-state index contributed by atoms with van der Waals surface area (Å²) in [6.45, 7) is 1.32. The van der Waals surface area contributed by atoms with Gasteiger partial charge in [-0.1, -0.05) is 24.3 Å². The van der Waals surface area contributed by atoms with E-state index in [1.54, 1.807) is 47.9 Å². The minimum atomic E-state index is -0.386. The Labute approximate surface area is 183 Å². The van der Waals surface area contributed by atoms with E-state index < -0.39 is 0 Å². The van der Waals surface area contributed by atoms with Crippen LogP contribution >= 0.6 is 11.3 Å². The Kier molecular flexibility index (Phi) is 5.34. The van der Waals surface area contributed by atoms with Crippen LogP contribution in [0.4, 0.5) is 15.9 Å². The van der Waals surface area contributed by atoms with Crippen LogP contribution in [0.5, 0.6) is 0 Å². The molecule has 5 nitrogen and oxygen atoms in total. The molecule has 0 spiro atoms. The van der Waals surface area contributed by atoms with Crippen LogP contribution in [0.3, 0.4) is 0 Å². The number of piperidine rings is 1. The molecule has 2 aromatic heterocycles. The van der Waals surface area contributed by atoms with Crippen molar-refractivity contribution >= 4 is 39.0 Å². The Morgan fingerprint density at radius 3 is 2.61 bits per heavy atom. The number of pyridine rings is 1. The van der Waals surface area contributed by atoms with E-state index in [0.717, 1.165) is 23.4 Å². The zero-order chi connectivity index (χ0) is 21.2. The number of carbonyl (C=O) groups excluding carboxylic acids is 1. The zero-order valence-corrected chi connectivity index (χ0v) is 17.6. The van der Waals surface area contributed by atoms with Crippen molar-refractivity contribution in [2.24, 2.45) is 0 Å². The molecule has 4 aromatic rings. The van der Waals surface area contributed by atoms with E-state index in [2.05, 4.69) is 16.4 Å². The van der Waals surface area contributed by atoms with Crippen LogP contribution in [0.2, 0.25) is 0 Å². The van der Waals surface area contributed by atoms with Crippen molar-refractivity contribution < 1.29 is 9.18 Å². The number of carbonyl (C=O) groups is 1. The largest absolute Gasteiger partial charge is 0.338 e. The van der Waals surface area contributed by atoms with Gasteiger partial charge in [-0.3, -0.25) is 4.79 Å². The number of likely N-dealkylation sites (tertiary alicyclic amines) is 1. The van der Waals surface area contributed by atoms with Crippen LogP contribution in [-0.2, 0) is 0 Å². The lowest BCUT2D eigenvalue weighted by Crippen LogP contribution is -2.38. The van der Waals surface area contributed by atoms with Gasteiger partial charge in [0.15, 0.2) is 0 Å². The van der Waals surface area contributed by atoms with E-state index in [-0.39, 0.29) is 11.7 Å². The van der Waals surface area contributed by atoms with Crippen molar-refractivity contribution in [3.05, 3.63) is 83.2 Å². The quantitative estimate of drug-likeness (QED) is 0.456. The minimum Gasteiger partial charge on any atom is -0.338 e. The van der Waals surface area contributed by atoms with Gasteiger partial charge in [-0.25, -0.2) is 14.4 Å². The van der Waals surface area contributed by atoms with Crippen molar-refractivity contribution in [3.8, 4) is 0 Å². The van der Waals surface area contributed by atoms with Crippen LogP contribution < -0.4 is 5.32 Å². The number of thiazole rings is 1. The average molecular weight is 433 g/mol. The van der Waals surface area contributed by atoms with Gasteiger partial charge in [-0.05, 0) is 49.2 Å². The van der Waals surface area contributed by atoms with Crippen LogP contribution in [0, 0.1) is 5.82 Å². The molecule has 0 aliphatic carbocycles. The molecule has 5 rings (SSSR count). The molecule has 2 aromatic carbocycles. The van der Waals surface area contributed by atoms with Gasteiger partial charge in [0.2, 0.25) is 0 Å². The van der Waals surface area contributed by atoms with Crippen LogP contribution in [0.1, 0.15) is 34.1 Å². The fraction of sp³-hybridized carbons (Fsp3) is 0.208. The molecule has 1 amide bonds. The number of hydrogen-bond acceptors (Lipinski definition) is 5. The second-order valence-corrected chi connectivity index (χ2v) is 8.65. The van der Waals surface area contributed by atoms with E-state index in [9.17, 15) is 9.18 Å². The number of rotatable bonds is 4. The minimum absolute atomic E-state index is 0.0883. The van der Waals surface area contributed by atoms with Crippen LogP contribution in [0.25, 0.3) is 10.2 Å². The van der Waals surface area contributed by atoms with Gasteiger partial charge in [0, 0.05) is 25.2 Å². The fourth-order valence-corrected chi connectivity index (χ4v) is 5.07. The molecular weight excluding hydrogens is 411 g/mol. The molecule has 7 heteroatoms. The SMILES string of the molecule is O=C(c1cccnc1Nc1ccccc1F)N1CCC(c2nc3ccccc3s2)CC1. The van der Waals surface area contributed by atoms with Gasteiger partial charge >= 0.3 is 0 Å². The Balaban J connectivity index is 1.30. The van der Waals surface area contributed by atoms with Gasteiger partial charge in [-0.2, -0.15) is 0 Å². The third kappa shape index (κ3) is 4.01. The number of nitrogens with zero attached hydrogens (tertiary/aromatic N) is 3. The molecule has 1 aliphatic rings. The van der Waals surface area contributed by atoms with Crippen LogP contribution in [0.15, 0.2) is 66.9 Å². The molecule has 31 heavy (non-hydrogen) atoms. The van der Waals surface area contributed by atoms with Gasteiger partial charge < -0.3 is 10.2 Å². The summed E-state index contributed by atoms with van der Waals surface area (Å²) in [5.41, 5.74) is 1.79. The Bertz CT molecular complexity index is 1200. The predicted molar refractivity (Wildman–Crippen MR) is 121 cm³/mol. The summed E-state index contributed by atoms with van der Waals surface area (Å²) >= 11 is 1.74. The number of fused-ring (bicyclic) bond motifs is 1. The number of amides is 1. The average Bonchev–Trinajstić information content (AvgIpc) is 3.25. The molecule has 0 radical (unpaired) electrons. The molecule has 1 aliphatic heterocycles. The maximum atomic E-state index is 14.1. The lowest BCUT2D eigenvalue weighted by Gasteiger charge is -2.31. The predicted octanol–water partition coefficient (Wildman–Crippen LogP) is 5.59. The number of anilines is 2. The fourth-order valence-electron chi connectivity index (χ4n) is 3.93. The van der Waals surface area contributed by atoms with E-state index in [0.29, 0.717) is 36.1 Å². The molecule has 0 saturated carbocycles. The van der Waals surface area contributed by atoms with E-state index >= 15 is 0 Å². The standard InChI is InChI=1S/C24H21FN4OS/c25-18-7-1-2-8-19(18)27-22-17(6-5-13-26-22)24(30)29-14-11-16(12-15-29)23-28-20-9-3-4-10-21(20)31-23/h1-10,13,16H,11-12,14-15H2,(H,26,27). The Morgan fingerprint density at radius 1 is 1.03 bits per heavy atom. The summed E-state index contributed by atoms with van der Waals surface area (Å²) in [7, 11) is 0. The first-order chi connectivity index (χ1) is 15.2. The first-order valence-corrected chi connectivity index (χ1v) is 11.1. The normalized spacial score (nSPS) is 14.7. The third-order valence-electron chi connectivity index (χ3n) is 5.61.